The van der Waals surface area contributed by atoms with Gasteiger partial charge in [-0.1, -0.05) is 0 Å². The molecule has 1 heterocycles. The molecule has 0 aliphatic rings. The maximum Gasteiger partial charge on any atom is 0.508 e. The lowest BCUT2D eigenvalue weighted by atomic mass is 10.2. The Kier molecular flexibility index (Phi) is 3.25. The van der Waals surface area contributed by atoms with E-state index in [0.29, 0.717) is 0 Å². The van der Waals surface area contributed by atoms with E-state index in [0.717, 1.165) is 5.56 Å². The number of rotatable bonds is 2. The standard InChI is InChI=1S/C9H11NO3/c1-7(13-9(11)12-2)8-3-5-10-6-4-8/h3-7H,1-2H3. The Bertz CT molecular complexity index is 273. The molecule has 0 bridgehead atoms. The molecule has 4 heteroatoms. The summed E-state index contributed by atoms with van der Waals surface area (Å²) in [6.07, 6.45) is 2.30. The fraction of sp³-hybridized carbons (Fsp3) is 0.333. The van der Waals surface area contributed by atoms with Gasteiger partial charge in [0.15, 0.2) is 0 Å². The second-order valence-electron chi connectivity index (χ2n) is 2.49. The van der Waals surface area contributed by atoms with Crippen molar-refractivity contribution in [1.29, 1.82) is 0 Å². The molecular formula is C9H11NO3. The van der Waals surface area contributed by atoms with Crippen LogP contribution < -0.4 is 0 Å². The van der Waals surface area contributed by atoms with Crippen molar-refractivity contribution >= 4 is 6.16 Å². The third-order valence-corrected chi connectivity index (χ3v) is 1.62. The van der Waals surface area contributed by atoms with E-state index in [1.54, 1.807) is 31.5 Å². The lowest BCUT2D eigenvalue weighted by Crippen LogP contribution is -2.08. The van der Waals surface area contributed by atoms with Crippen molar-refractivity contribution in [3.8, 4) is 0 Å². The summed E-state index contributed by atoms with van der Waals surface area (Å²) in [5.74, 6) is 0. The summed E-state index contributed by atoms with van der Waals surface area (Å²) in [6, 6.07) is 3.57. The zero-order valence-corrected chi connectivity index (χ0v) is 7.56. The maximum absolute atomic E-state index is 10.7. The highest BCUT2D eigenvalue weighted by molar-refractivity contribution is 5.60. The van der Waals surface area contributed by atoms with Gasteiger partial charge in [-0.15, -0.1) is 0 Å². The molecule has 0 N–H and O–H groups in total. The van der Waals surface area contributed by atoms with Crippen molar-refractivity contribution in [1.82, 2.24) is 4.98 Å². The molecule has 0 aliphatic heterocycles. The van der Waals surface area contributed by atoms with Gasteiger partial charge in [0.2, 0.25) is 0 Å². The van der Waals surface area contributed by atoms with E-state index in [1.807, 2.05) is 0 Å². The Morgan fingerprint density at radius 2 is 2.08 bits per heavy atom. The van der Waals surface area contributed by atoms with Crippen molar-refractivity contribution < 1.29 is 14.3 Å². The van der Waals surface area contributed by atoms with Crippen LogP contribution in [0, 0.1) is 0 Å². The first-order valence-electron chi connectivity index (χ1n) is 3.88. The van der Waals surface area contributed by atoms with Gasteiger partial charge < -0.3 is 9.47 Å². The van der Waals surface area contributed by atoms with E-state index in [-0.39, 0.29) is 6.10 Å². The number of nitrogens with zero attached hydrogens (tertiary/aromatic N) is 1. The minimum atomic E-state index is -0.677. The van der Waals surface area contributed by atoms with Crippen LogP contribution in [0.5, 0.6) is 0 Å². The summed E-state index contributed by atoms with van der Waals surface area (Å²) >= 11 is 0. The van der Waals surface area contributed by atoms with Crippen LogP contribution in [0.2, 0.25) is 0 Å². The van der Waals surface area contributed by atoms with E-state index in [4.69, 9.17) is 4.74 Å². The molecule has 1 unspecified atom stereocenters. The summed E-state index contributed by atoms with van der Waals surface area (Å²) in [6.45, 7) is 1.77. The van der Waals surface area contributed by atoms with Gasteiger partial charge in [-0.2, -0.15) is 0 Å². The summed E-state index contributed by atoms with van der Waals surface area (Å²) in [5.41, 5.74) is 0.889. The monoisotopic (exact) mass is 181 g/mol. The van der Waals surface area contributed by atoms with Gasteiger partial charge in [-0.25, -0.2) is 4.79 Å². The van der Waals surface area contributed by atoms with Gasteiger partial charge in [0, 0.05) is 12.4 Å². The highest BCUT2D eigenvalue weighted by Gasteiger charge is 2.10. The van der Waals surface area contributed by atoms with Crippen LogP contribution >= 0.6 is 0 Å². The molecule has 4 nitrogen and oxygen atoms in total. The lowest BCUT2D eigenvalue weighted by Gasteiger charge is -2.11. The van der Waals surface area contributed by atoms with Gasteiger partial charge in [-0.3, -0.25) is 4.98 Å². The molecule has 70 valence electrons. The number of carbonyl (C=O) groups excluding carboxylic acids is 1. The van der Waals surface area contributed by atoms with Crippen molar-refractivity contribution in [2.75, 3.05) is 7.11 Å². The van der Waals surface area contributed by atoms with E-state index in [9.17, 15) is 4.79 Å². The second-order valence-corrected chi connectivity index (χ2v) is 2.49. The number of hydrogen-bond donors (Lipinski definition) is 0. The number of aromatic nitrogens is 1. The zero-order valence-electron chi connectivity index (χ0n) is 7.56. The van der Waals surface area contributed by atoms with Crippen LogP contribution in [0.15, 0.2) is 24.5 Å². The van der Waals surface area contributed by atoms with Crippen LogP contribution in [0.3, 0.4) is 0 Å². The minimum absolute atomic E-state index is 0.310. The molecule has 0 aliphatic carbocycles. The summed E-state index contributed by atoms with van der Waals surface area (Å²) < 4.78 is 9.26. The molecule has 13 heavy (non-hydrogen) atoms. The quantitative estimate of drug-likeness (QED) is 0.654. The summed E-state index contributed by atoms with van der Waals surface area (Å²) in [7, 11) is 1.28. The smallest absolute Gasteiger partial charge is 0.438 e. The van der Waals surface area contributed by atoms with Gasteiger partial charge in [-0.05, 0) is 24.6 Å². The van der Waals surface area contributed by atoms with E-state index in [1.165, 1.54) is 7.11 Å². The van der Waals surface area contributed by atoms with Crippen LogP contribution in [0.4, 0.5) is 4.79 Å². The molecule has 0 fully saturated rings. The Balaban J connectivity index is 2.59. The predicted octanol–water partition coefficient (Wildman–Crippen LogP) is 1.93. The van der Waals surface area contributed by atoms with Crippen molar-refractivity contribution in [3.63, 3.8) is 0 Å². The molecule has 0 aromatic carbocycles. The average Bonchev–Trinajstić information content (AvgIpc) is 2.19. The predicted molar refractivity (Wildman–Crippen MR) is 46.1 cm³/mol. The first kappa shape index (κ1) is 9.51. The van der Waals surface area contributed by atoms with Crippen LogP contribution in [0.1, 0.15) is 18.6 Å². The van der Waals surface area contributed by atoms with Crippen molar-refractivity contribution in [2.24, 2.45) is 0 Å². The van der Waals surface area contributed by atoms with Crippen LogP contribution in [0.25, 0.3) is 0 Å². The maximum atomic E-state index is 10.7. The normalized spacial score (nSPS) is 11.8. The molecular weight excluding hydrogens is 170 g/mol. The Hall–Kier alpha value is -1.58. The van der Waals surface area contributed by atoms with Gasteiger partial charge in [0.1, 0.15) is 6.10 Å². The molecule has 0 radical (unpaired) electrons. The molecule has 0 amide bonds. The van der Waals surface area contributed by atoms with Gasteiger partial charge >= 0.3 is 6.16 Å². The Morgan fingerprint density at radius 1 is 1.46 bits per heavy atom. The molecule has 1 aromatic heterocycles. The molecule has 1 aromatic rings. The summed E-state index contributed by atoms with van der Waals surface area (Å²) in [4.78, 5) is 14.6. The van der Waals surface area contributed by atoms with E-state index >= 15 is 0 Å². The average molecular weight is 181 g/mol. The Labute approximate surface area is 76.5 Å². The second kappa shape index (κ2) is 4.45. The first-order valence-corrected chi connectivity index (χ1v) is 3.88. The summed E-state index contributed by atoms with van der Waals surface area (Å²) in [5, 5.41) is 0. The molecule has 0 spiro atoms. The number of carbonyl (C=O) groups is 1. The van der Waals surface area contributed by atoms with Crippen molar-refractivity contribution in [3.05, 3.63) is 30.1 Å². The fourth-order valence-corrected chi connectivity index (χ4v) is 0.895. The molecule has 1 rings (SSSR count). The molecule has 0 saturated carbocycles. The SMILES string of the molecule is COC(=O)OC(C)c1ccncc1. The lowest BCUT2D eigenvalue weighted by molar-refractivity contribution is 0.0429. The third kappa shape index (κ3) is 2.74. The molecule has 1 atom stereocenters. The zero-order chi connectivity index (χ0) is 9.68. The molecule has 0 saturated heterocycles. The highest BCUT2D eigenvalue weighted by atomic mass is 16.7. The number of methoxy groups -OCH3 is 1. The van der Waals surface area contributed by atoms with E-state index in [2.05, 4.69) is 9.72 Å². The van der Waals surface area contributed by atoms with Crippen LogP contribution in [-0.4, -0.2) is 18.2 Å². The number of pyridine rings is 1. The number of ether oxygens (including phenoxy) is 2. The van der Waals surface area contributed by atoms with Gasteiger partial charge in [0.05, 0.1) is 7.11 Å². The topological polar surface area (TPSA) is 48.4 Å². The minimum Gasteiger partial charge on any atom is -0.438 e. The third-order valence-electron chi connectivity index (χ3n) is 1.62. The van der Waals surface area contributed by atoms with Gasteiger partial charge in [0.25, 0.3) is 0 Å². The van der Waals surface area contributed by atoms with Crippen molar-refractivity contribution in [2.45, 2.75) is 13.0 Å². The first-order chi connectivity index (χ1) is 6.24. The largest absolute Gasteiger partial charge is 0.508 e. The van der Waals surface area contributed by atoms with Crippen LogP contribution in [-0.2, 0) is 9.47 Å². The Morgan fingerprint density at radius 3 is 2.62 bits per heavy atom. The highest BCUT2D eigenvalue weighted by Crippen LogP contribution is 2.15. The number of hydrogen-bond acceptors (Lipinski definition) is 4. The van der Waals surface area contributed by atoms with E-state index < -0.39 is 6.16 Å². The fourth-order valence-electron chi connectivity index (χ4n) is 0.895.